The van der Waals surface area contributed by atoms with Crippen LogP contribution in [0.1, 0.15) is 106 Å². The molecule has 0 heterocycles. The molecule has 2 N–H and O–H groups in total. The van der Waals surface area contributed by atoms with Gasteiger partial charge in [0.05, 0.1) is 0 Å². The second-order valence-corrected chi connectivity index (χ2v) is 12.7. The van der Waals surface area contributed by atoms with Gasteiger partial charge in [0.2, 0.25) is 0 Å². The van der Waals surface area contributed by atoms with E-state index in [0.29, 0.717) is 23.5 Å². The Balaban J connectivity index is 1.63. The average Bonchev–Trinajstić information content (AvgIpc) is 3.02. The Hall–Kier alpha value is -1.22. The van der Waals surface area contributed by atoms with E-state index in [-0.39, 0.29) is 21.8 Å². The Labute approximate surface area is 195 Å². The molecule has 2 saturated carbocycles. The van der Waals surface area contributed by atoms with Gasteiger partial charge in [0.1, 0.15) is 12.1 Å². The van der Waals surface area contributed by atoms with E-state index in [1.807, 2.05) is 6.92 Å². The molecule has 0 spiro atoms. The largest absolute Gasteiger partial charge is 0.324 e. The van der Waals surface area contributed by atoms with Crippen molar-refractivity contribution in [3.05, 3.63) is 22.8 Å². The fourth-order valence-corrected chi connectivity index (χ4v) is 8.91. The maximum atomic E-state index is 12.8. The molecule has 2 fully saturated rings. The zero-order valence-corrected chi connectivity index (χ0v) is 21.4. The second kappa shape index (κ2) is 7.93. The van der Waals surface area contributed by atoms with Gasteiger partial charge in [0, 0.05) is 22.8 Å². The lowest BCUT2D eigenvalue weighted by Gasteiger charge is -2.60. The van der Waals surface area contributed by atoms with Crippen molar-refractivity contribution < 1.29 is 9.59 Å². The van der Waals surface area contributed by atoms with Crippen LogP contribution in [0.3, 0.4) is 0 Å². The van der Waals surface area contributed by atoms with E-state index in [4.69, 9.17) is 5.73 Å². The van der Waals surface area contributed by atoms with Crippen LogP contribution < -0.4 is 5.73 Å². The van der Waals surface area contributed by atoms with Crippen molar-refractivity contribution in [1.29, 1.82) is 0 Å². The van der Waals surface area contributed by atoms with E-state index in [1.54, 1.807) is 11.1 Å². The number of Topliss-reactive ketones (excluding diaryl/α,β-unsaturated/α-hetero) is 1. The molecule has 2 unspecified atom stereocenters. The smallest absolute Gasteiger partial charge is 0.145 e. The highest BCUT2D eigenvalue weighted by Gasteiger charge is 2.63. The quantitative estimate of drug-likeness (QED) is 0.300. The maximum absolute atomic E-state index is 12.8. The minimum atomic E-state index is -0.205. The molecule has 32 heavy (non-hydrogen) atoms. The van der Waals surface area contributed by atoms with Crippen LogP contribution in [0.2, 0.25) is 0 Å². The first-order valence-corrected chi connectivity index (χ1v) is 13.1. The Morgan fingerprint density at radius 3 is 2.47 bits per heavy atom. The van der Waals surface area contributed by atoms with Crippen molar-refractivity contribution in [3.8, 4) is 0 Å². The monoisotopic (exact) mass is 439 g/mol. The number of hydrogen-bond donors (Lipinski definition) is 1. The molecule has 6 atom stereocenters. The third-order valence-corrected chi connectivity index (χ3v) is 11.0. The molecule has 3 heteroatoms. The van der Waals surface area contributed by atoms with Crippen molar-refractivity contribution in [2.45, 2.75) is 111 Å². The molecule has 0 radical (unpaired) electrons. The SMILES string of the molecule is C/C(C=O)=C/CCC(C)[C@@H]1CC[C@]2(C)C3=C(CC[C@@]12N)[C@@]1(C)CCC(=O)C(C)(C)C1CC3. The summed E-state index contributed by atoms with van der Waals surface area (Å²) in [4.78, 5) is 23.7. The highest BCUT2D eigenvalue weighted by molar-refractivity contribution is 5.85. The number of aldehydes is 1. The molecule has 0 bridgehead atoms. The first-order chi connectivity index (χ1) is 14.9. The van der Waals surface area contributed by atoms with Crippen LogP contribution in [0.4, 0.5) is 0 Å². The molecule has 0 aromatic heterocycles. The van der Waals surface area contributed by atoms with E-state index >= 15 is 0 Å². The van der Waals surface area contributed by atoms with Gasteiger partial charge in [-0.15, -0.1) is 0 Å². The molecule has 4 aliphatic carbocycles. The van der Waals surface area contributed by atoms with E-state index in [0.717, 1.165) is 63.2 Å². The van der Waals surface area contributed by atoms with Crippen LogP contribution in [0.5, 0.6) is 0 Å². The fourth-order valence-electron chi connectivity index (χ4n) is 8.91. The minimum Gasteiger partial charge on any atom is -0.324 e. The molecule has 0 aliphatic heterocycles. The lowest BCUT2D eigenvalue weighted by Crippen LogP contribution is -2.61. The summed E-state index contributed by atoms with van der Waals surface area (Å²) in [6.07, 6.45) is 13.7. The summed E-state index contributed by atoms with van der Waals surface area (Å²) in [6, 6.07) is 0. The molecule has 0 amide bonds. The first-order valence-electron chi connectivity index (χ1n) is 13.1. The Morgan fingerprint density at radius 2 is 1.78 bits per heavy atom. The Morgan fingerprint density at radius 1 is 1.06 bits per heavy atom. The standard InChI is InChI=1S/C29H45NO2/c1-19(18-31)8-7-9-20(2)21-12-16-28(6)23-10-11-24-26(3,4)25(32)14-15-27(24,5)22(23)13-17-29(21,28)30/h8,18,20-21,24H,7,9-17,30H2,1-6H3/b19-8-/t20?,21-,24?,27+,28+,29+/m0/s1. The van der Waals surface area contributed by atoms with Gasteiger partial charge < -0.3 is 5.73 Å². The van der Waals surface area contributed by atoms with Gasteiger partial charge in [-0.1, -0.05) is 51.8 Å². The first kappa shape index (κ1) is 23.9. The predicted molar refractivity (Wildman–Crippen MR) is 131 cm³/mol. The summed E-state index contributed by atoms with van der Waals surface area (Å²) in [5.74, 6) is 2.04. The van der Waals surface area contributed by atoms with Crippen LogP contribution in [0, 0.1) is 34.0 Å². The Bertz CT molecular complexity index is 866. The normalized spacial score (nSPS) is 42.2. The van der Waals surface area contributed by atoms with Gasteiger partial charge in [-0.3, -0.25) is 9.59 Å². The number of hydrogen-bond acceptors (Lipinski definition) is 3. The lowest BCUT2D eigenvalue weighted by atomic mass is 9.44. The Kier molecular flexibility index (Phi) is 5.93. The van der Waals surface area contributed by atoms with E-state index in [9.17, 15) is 9.59 Å². The number of nitrogens with two attached hydrogens (primary N) is 1. The molecule has 0 aromatic carbocycles. The van der Waals surface area contributed by atoms with Gasteiger partial charge in [-0.25, -0.2) is 0 Å². The van der Waals surface area contributed by atoms with E-state index in [2.05, 4.69) is 40.7 Å². The van der Waals surface area contributed by atoms with Crippen LogP contribution >= 0.6 is 0 Å². The number of ketones is 1. The molecule has 4 aliphatic rings. The van der Waals surface area contributed by atoms with Gasteiger partial charge in [0.15, 0.2) is 0 Å². The fraction of sp³-hybridized carbons (Fsp3) is 0.793. The summed E-state index contributed by atoms with van der Waals surface area (Å²) in [5.41, 5.74) is 11.6. The number of rotatable bonds is 5. The number of fused-ring (bicyclic) bond motifs is 4. The summed E-state index contributed by atoms with van der Waals surface area (Å²) in [6.45, 7) is 13.6. The zero-order chi connectivity index (χ0) is 23.5. The zero-order valence-electron chi connectivity index (χ0n) is 21.4. The van der Waals surface area contributed by atoms with Crippen molar-refractivity contribution in [1.82, 2.24) is 0 Å². The van der Waals surface area contributed by atoms with E-state index in [1.165, 1.54) is 12.8 Å². The number of allylic oxidation sites excluding steroid dienone is 3. The number of carbonyl (C=O) groups excluding carboxylic acids is 2. The van der Waals surface area contributed by atoms with Gasteiger partial charge in [-0.2, -0.15) is 0 Å². The molecule has 178 valence electrons. The van der Waals surface area contributed by atoms with Crippen LogP contribution in [0.15, 0.2) is 22.8 Å². The van der Waals surface area contributed by atoms with Crippen molar-refractivity contribution in [2.75, 3.05) is 0 Å². The third-order valence-electron chi connectivity index (χ3n) is 11.0. The number of carbonyl (C=O) groups is 2. The highest BCUT2D eigenvalue weighted by atomic mass is 16.1. The summed E-state index contributed by atoms with van der Waals surface area (Å²) in [7, 11) is 0. The van der Waals surface area contributed by atoms with E-state index < -0.39 is 0 Å². The van der Waals surface area contributed by atoms with Crippen molar-refractivity contribution in [2.24, 2.45) is 39.7 Å². The van der Waals surface area contributed by atoms with Crippen LogP contribution in [-0.4, -0.2) is 17.6 Å². The van der Waals surface area contributed by atoms with Crippen LogP contribution in [-0.2, 0) is 9.59 Å². The second-order valence-electron chi connectivity index (χ2n) is 12.7. The molecular formula is C29H45NO2. The van der Waals surface area contributed by atoms with Gasteiger partial charge in [-0.05, 0) is 93.5 Å². The summed E-state index contributed by atoms with van der Waals surface area (Å²) >= 11 is 0. The average molecular weight is 440 g/mol. The van der Waals surface area contributed by atoms with Crippen LogP contribution in [0.25, 0.3) is 0 Å². The lowest BCUT2D eigenvalue weighted by molar-refractivity contribution is -0.139. The molecule has 0 saturated heterocycles. The molecule has 4 rings (SSSR count). The molecule has 0 aromatic rings. The summed E-state index contributed by atoms with van der Waals surface area (Å²) < 4.78 is 0. The van der Waals surface area contributed by atoms with Crippen molar-refractivity contribution >= 4 is 12.1 Å². The third kappa shape index (κ3) is 3.24. The van der Waals surface area contributed by atoms with Crippen molar-refractivity contribution in [3.63, 3.8) is 0 Å². The molecule has 3 nitrogen and oxygen atoms in total. The molecular weight excluding hydrogens is 394 g/mol. The minimum absolute atomic E-state index is 0.0909. The topological polar surface area (TPSA) is 60.2 Å². The maximum Gasteiger partial charge on any atom is 0.145 e. The van der Waals surface area contributed by atoms with Gasteiger partial charge in [0.25, 0.3) is 0 Å². The summed E-state index contributed by atoms with van der Waals surface area (Å²) in [5, 5.41) is 0. The van der Waals surface area contributed by atoms with Gasteiger partial charge >= 0.3 is 0 Å². The highest BCUT2D eigenvalue weighted by Crippen LogP contribution is 2.68. The predicted octanol–water partition coefficient (Wildman–Crippen LogP) is 6.56.